The van der Waals surface area contributed by atoms with Gasteiger partial charge in [-0.3, -0.25) is 14.3 Å². The molecule has 118 valence electrons. The molecule has 2 N–H and O–H groups in total. The molecule has 7 heteroatoms. The normalized spacial score (nSPS) is 21.7. The molecule has 0 unspecified atom stereocenters. The summed E-state index contributed by atoms with van der Waals surface area (Å²) in [6, 6.07) is 1.82. The van der Waals surface area contributed by atoms with Gasteiger partial charge in [-0.25, -0.2) is 9.78 Å². The Kier molecular flexibility index (Phi) is 3.14. The van der Waals surface area contributed by atoms with Crippen LogP contribution in [0.3, 0.4) is 0 Å². The van der Waals surface area contributed by atoms with Gasteiger partial charge in [-0.1, -0.05) is 0 Å². The van der Waals surface area contributed by atoms with E-state index in [0.29, 0.717) is 16.6 Å². The Labute approximate surface area is 130 Å². The number of carbonyl (C=O) groups is 1. The van der Waals surface area contributed by atoms with Crippen molar-refractivity contribution < 1.29 is 4.79 Å². The molecule has 0 radical (unpaired) electrons. The van der Waals surface area contributed by atoms with Crippen molar-refractivity contribution in [3.05, 3.63) is 39.3 Å². The summed E-state index contributed by atoms with van der Waals surface area (Å²) in [4.78, 5) is 45.2. The molecule has 0 aromatic carbocycles. The van der Waals surface area contributed by atoms with Gasteiger partial charge in [-0.05, 0) is 31.7 Å². The average Bonchev–Trinajstić information content (AvgIpc) is 3.04. The third-order valence-corrected chi connectivity index (χ3v) is 4.78. The van der Waals surface area contributed by atoms with Gasteiger partial charge in [0.2, 0.25) is 0 Å². The number of nitrogens with zero attached hydrogens (tertiary/aromatic N) is 2. The fraction of sp³-hybridized carbons (Fsp3) is 0.375. The van der Waals surface area contributed by atoms with Crippen LogP contribution in [-0.2, 0) is 4.79 Å². The van der Waals surface area contributed by atoms with E-state index in [1.807, 2.05) is 6.07 Å². The third-order valence-electron chi connectivity index (χ3n) is 4.78. The summed E-state index contributed by atoms with van der Waals surface area (Å²) < 4.78 is 1.68. The maximum Gasteiger partial charge on any atom is 0.329 e. The number of rotatable bonds is 2. The minimum atomic E-state index is -0.418. The number of hydrogen-bond acceptors (Lipinski definition) is 4. The molecule has 3 aromatic rings. The Hall–Kier alpha value is -2.70. The van der Waals surface area contributed by atoms with E-state index < -0.39 is 11.2 Å². The van der Waals surface area contributed by atoms with Gasteiger partial charge in [0.25, 0.3) is 5.56 Å². The van der Waals surface area contributed by atoms with Crippen LogP contribution in [-0.4, -0.2) is 25.8 Å². The second-order valence-electron chi connectivity index (χ2n) is 6.09. The molecule has 1 saturated carbocycles. The zero-order chi connectivity index (χ0) is 16.0. The Balaban J connectivity index is 1.98. The Bertz CT molecular complexity index is 1010. The summed E-state index contributed by atoms with van der Waals surface area (Å²) in [7, 11) is 0. The van der Waals surface area contributed by atoms with E-state index in [-0.39, 0.29) is 12.0 Å². The highest BCUT2D eigenvalue weighted by molar-refractivity contribution is 6.01. The van der Waals surface area contributed by atoms with Crippen molar-refractivity contribution in [2.45, 2.75) is 31.7 Å². The molecule has 1 aliphatic carbocycles. The van der Waals surface area contributed by atoms with Crippen molar-refractivity contribution >= 4 is 28.2 Å². The van der Waals surface area contributed by atoms with Gasteiger partial charge < -0.3 is 9.78 Å². The molecular formula is C16H16N4O3. The highest BCUT2D eigenvalue weighted by Gasteiger charge is 2.25. The first-order chi connectivity index (χ1) is 11.2. The van der Waals surface area contributed by atoms with E-state index in [0.717, 1.165) is 37.4 Å². The Morgan fingerprint density at radius 3 is 2.70 bits per heavy atom. The van der Waals surface area contributed by atoms with E-state index in [9.17, 15) is 14.4 Å². The van der Waals surface area contributed by atoms with E-state index in [1.54, 1.807) is 10.8 Å². The third kappa shape index (κ3) is 2.11. The number of pyridine rings is 1. The lowest BCUT2D eigenvalue weighted by Crippen LogP contribution is -2.34. The fourth-order valence-electron chi connectivity index (χ4n) is 3.59. The van der Waals surface area contributed by atoms with Crippen LogP contribution in [0.4, 0.5) is 0 Å². The van der Waals surface area contributed by atoms with Crippen LogP contribution in [0.2, 0.25) is 0 Å². The molecule has 23 heavy (non-hydrogen) atoms. The molecule has 3 heterocycles. The molecule has 0 atom stereocenters. The van der Waals surface area contributed by atoms with Crippen LogP contribution in [0, 0.1) is 5.92 Å². The lowest BCUT2D eigenvalue weighted by Gasteiger charge is -2.28. The van der Waals surface area contributed by atoms with Crippen molar-refractivity contribution in [1.29, 1.82) is 0 Å². The molecule has 0 aliphatic heterocycles. The zero-order valence-corrected chi connectivity index (χ0v) is 12.4. The zero-order valence-electron chi connectivity index (χ0n) is 12.4. The highest BCUT2D eigenvalue weighted by atomic mass is 16.2. The lowest BCUT2D eigenvalue weighted by molar-refractivity contribution is -0.112. The highest BCUT2D eigenvalue weighted by Crippen LogP contribution is 2.33. The lowest BCUT2D eigenvalue weighted by atomic mass is 9.86. The quantitative estimate of drug-likeness (QED) is 0.700. The summed E-state index contributed by atoms with van der Waals surface area (Å²) in [6.45, 7) is 0. The van der Waals surface area contributed by atoms with Gasteiger partial charge >= 0.3 is 5.69 Å². The molecular weight excluding hydrogens is 296 g/mol. The van der Waals surface area contributed by atoms with E-state index in [2.05, 4.69) is 15.0 Å². The van der Waals surface area contributed by atoms with E-state index in [4.69, 9.17) is 0 Å². The van der Waals surface area contributed by atoms with Crippen molar-refractivity contribution in [3.8, 4) is 0 Å². The molecule has 1 aliphatic rings. The van der Waals surface area contributed by atoms with Crippen LogP contribution in [0.5, 0.6) is 0 Å². The molecule has 7 nitrogen and oxygen atoms in total. The predicted octanol–water partition coefficient (Wildman–Crippen LogP) is 1.50. The first kappa shape index (κ1) is 13.9. The maximum atomic E-state index is 12.5. The van der Waals surface area contributed by atoms with Gasteiger partial charge in [-0.2, -0.15) is 0 Å². The van der Waals surface area contributed by atoms with Crippen LogP contribution >= 0.6 is 0 Å². The summed E-state index contributed by atoms with van der Waals surface area (Å²) in [5, 5.41) is 1.18. The van der Waals surface area contributed by atoms with Gasteiger partial charge in [0, 0.05) is 29.7 Å². The predicted molar refractivity (Wildman–Crippen MR) is 85.5 cm³/mol. The van der Waals surface area contributed by atoms with Gasteiger partial charge in [0.05, 0.1) is 10.9 Å². The molecule has 0 amide bonds. The first-order valence-electron chi connectivity index (χ1n) is 7.75. The van der Waals surface area contributed by atoms with Crippen molar-refractivity contribution in [1.82, 2.24) is 19.5 Å². The second kappa shape index (κ2) is 5.19. The summed E-state index contributed by atoms with van der Waals surface area (Å²) >= 11 is 0. The SMILES string of the molecule is O=C[C@H]1CC[C@H](n2c(=O)[nH]c(=O)c3cnc4[nH]ccc4c32)CC1. The molecule has 3 aromatic heterocycles. The second-order valence-corrected chi connectivity index (χ2v) is 6.09. The van der Waals surface area contributed by atoms with Crippen molar-refractivity contribution in [3.63, 3.8) is 0 Å². The van der Waals surface area contributed by atoms with E-state index in [1.165, 1.54) is 6.20 Å². The molecule has 0 saturated heterocycles. The van der Waals surface area contributed by atoms with Gasteiger partial charge in [0.15, 0.2) is 0 Å². The number of fused-ring (bicyclic) bond motifs is 3. The van der Waals surface area contributed by atoms with Crippen LogP contribution in [0.15, 0.2) is 28.0 Å². The summed E-state index contributed by atoms with van der Waals surface area (Å²) in [6.07, 6.45) is 7.28. The van der Waals surface area contributed by atoms with Crippen molar-refractivity contribution in [2.24, 2.45) is 5.92 Å². The average molecular weight is 312 g/mol. The largest absolute Gasteiger partial charge is 0.346 e. The monoisotopic (exact) mass is 312 g/mol. The van der Waals surface area contributed by atoms with Gasteiger partial charge in [0.1, 0.15) is 11.9 Å². The minimum absolute atomic E-state index is 0.0152. The number of H-pyrrole nitrogens is 2. The van der Waals surface area contributed by atoms with Crippen LogP contribution in [0.25, 0.3) is 21.9 Å². The smallest absolute Gasteiger partial charge is 0.329 e. The summed E-state index contributed by atoms with van der Waals surface area (Å²) in [5.74, 6) is 0.0740. The number of aromatic nitrogens is 4. The van der Waals surface area contributed by atoms with Crippen LogP contribution in [0.1, 0.15) is 31.7 Å². The minimum Gasteiger partial charge on any atom is -0.346 e. The summed E-state index contributed by atoms with van der Waals surface area (Å²) in [5.41, 5.74) is 0.460. The molecule has 4 rings (SSSR count). The first-order valence-corrected chi connectivity index (χ1v) is 7.75. The molecule has 1 fully saturated rings. The maximum absolute atomic E-state index is 12.5. The fourth-order valence-corrected chi connectivity index (χ4v) is 3.59. The number of aromatic amines is 2. The standard InChI is InChI=1S/C16H16N4O3/c21-8-9-1-3-10(4-2-9)20-13-11-5-6-17-14(11)18-7-12(13)15(22)19-16(20)23/h5-10H,1-4H2,(H,17,18)(H,19,22,23)/t9-,10-. The van der Waals surface area contributed by atoms with Crippen molar-refractivity contribution in [2.75, 3.05) is 0 Å². The number of nitrogens with one attached hydrogen (secondary N) is 2. The van der Waals surface area contributed by atoms with E-state index >= 15 is 0 Å². The molecule has 0 bridgehead atoms. The Morgan fingerprint density at radius 1 is 1.17 bits per heavy atom. The molecule has 0 spiro atoms. The number of hydrogen-bond donors (Lipinski definition) is 2. The number of aldehydes is 1. The topological polar surface area (TPSA) is 101 Å². The van der Waals surface area contributed by atoms with Crippen LogP contribution < -0.4 is 11.2 Å². The Morgan fingerprint density at radius 2 is 1.96 bits per heavy atom. The van der Waals surface area contributed by atoms with Gasteiger partial charge in [-0.15, -0.1) is 0 Å². The number of carbonyl (C=O) groups excluding carboxylic acids is 1.